The fraction of sp³-hybridized carbons (Fsp3) is 0.250. The number of rotatable bonds is 1. The van der Waals surface area contributed by atoms with Crippen LogP contribution in [0.2, 0.25) is 5.02 Å². The maximum absolute atomic E-state index is 13.1. The molecule has 1 aromatic rings. The average molecular weight is 253 g/mol. The third-order valence-electron chi connectivity index (χ3n) is 1.52. The smallest absolute Gasteiger partial charge is 0.156 e. The van der Waals surface area contributed by atoms with E-state index in [0.717, 1.165) is 0 Å². The number of halogens is 3. The first-order chi connectivity index (χ1) is 5.54. The number of aliphatic hydroxyl groups is 1. The minimum absolute atomic E-state index is 0.0284. The van der Waals surface area contributed by atoms with Crippen LogP contribution in [0.25, 0.3) is 0 Å². The van der Waals surface area contributed by atoms with Crippen molar-refractivity contribution in [1.29, 1.82) is 0 Å². The van der Waals surface area contributed by atoms with E-state index < -0.39 is 11.9 Å². The van der Waals surface area contributed by atoms with E-state index in [4.69, 9.17) is 16.7 Å². The molecule has 1 unspecified atom stereocenters. The van der Waals surface area contributed by atoms with Gasteiger partial charge in [-0.25, -0.2) is 4.39 Å². The summed E-state index contributed by atoms with van der Waals surface area (Å²) in [6.07, 6.45) is -0.750. The van der Waals surface area contributed by atoms with Crippen LogP contribution in [0.5, 0.6) is 0 Å². The fourth-order valence-electron chi connectivity index (χ4n) is 0.863. The molecule has 0 aliphatic heterocycles. The van der Waals surface area contributed by atoms with Crippen molar-refractivity contribution in [3.05, 3.63) is 33.0 Å². The van der Waals surface area contributed by atoms with Crippen LogP contribution in [0, 0.1) is 5.82 Å². The first kappa shape index (κ1) is 9.96. The molecule has 12 heavy (non-hydrogen) atoms. The van der Waals surface area contributed by atoms with Gasteiger partial charge < -0.3 is 5.11 Å². The number of hydrogen-bond donors (Lipinski definition) is 1. The Hall–Kier alpha value is -0.120. The lowest BCUT2D eigenvalue weighted by Gasteiger charge is -2.08. The summed E-state index contributed by atoms with van der Waals surface area (Å²) in [6, 6.07) is 3.10. The van der Waals surface area contributed by atoms with Crippen molar-refractivity contribution in [2.24, 2.45) is 0 Å². The van der Waals surface area contributed by atoms with Crippen LogP contribution in [0.3, 0.4) is 0 Å². The van der Waals surface area contributed by atoms with Gasteiger partial charge in [0, 0.05) is 5.56 Å². The van der Waals surface area contributed by atoms with Crippen molar-refractivity contribution in [3.8, 4) is 0 Å². The molecule has 0 radical (unpaired) electrons. The zero-order chi connectivity index (χ0) is 9.30. The second-order valence-electron chi connectivity index (χ2n) is 2.44. The van der Waals surface area contributed by atoms with E-state index >= 15 is 0 Å². The normalized spacial score (nSPS) is 13.1. The molecule has 0 aromatic heterocycles. The van der Waals surface area contributed by atoms with Crippen molar-refractivity contribution < 1.29 is 9.50 Å². The standard InChI is InChI=1S/C8H7BrClFO/c1-4(12)5-2-3-6(9)8(11)7(5)10/h2-4,12H,1H3. The highest BCUT2D eigenvalue weighted by Crippen LogP contribution is 2.30. The van der Waals surface area contributed by atoms with Crippen LogP contribution in [-0.2, 0) is 0 Å². The summed E-state index contributed by atoms with van der Waals surface area (Å²) in [4.78, 5) is 0. The summed E-state index contributed by atoms with van der Waals surface area (Å²) in [5, 5.41) is 9.13. The molecule has 1 aromatic carbocycles. The van der Waals surface area contributed by atoms with E-state index in [1.807, 2.05) is 0 Å². The van der Waals surface area contributed by atoms with E-state index in [0.29, 0.717) is 10.0 Å². The Morgan fingerprint density at radius 3 is 2.67 bits per heavy atom. The predicted octanol–water partition coefficient (Wildman–Crippen LogP) is 3.29. The summed E-state index contributed by atoms with van der Waals surface area (Å²) in [6.45, 7) is 1.54. The fourth-order valence-corrected chi connectivity index (χ4v) is 1.63. The van der Waals surface area contributed by atoms with Gasteiger partial charge in [0.2, 0.25) is 0 Å². The van der Waals surface area contributed by atoms with Crippen LogP contribution in [0.15, 0.2) is 16.6 Å². The Labute approximate surface area is 83.3 Å². The predicted molar refractivity (Wildman–Crippen MR) is 49.7 cm³/mol. The number of aliphatic hydroxyl groups excluding tert-OH is 1. The molecule has 0 aliphatic carbocycles. The molecule has 0 fully saturated rings. The van der Waals surface area contributed by atoms with Crippen molar-refractivity contribution in [1.82, 2.24) is 0 Å². The Kier molecular flexibility index (Phi) is 3.09. The molecule has 0 saturated carbocycles. The third-order valence-corrected chi connectivity index (χ3v) is 2.51. The Morgan fingerprint density at radius 1 is 1.58 bits per heavy atom. The summed E-state index contributed by atoms with van der Waals surface area (Å²) >= 11 is 8.62. The molecule has 0 spiro atoms. The molecular formula is C8H7BrClFO. The number of benzene rings is 1. The Balaban J connectivity index is 3.27. The van der Waals surface area contributed by atoms with E-state index in [1.165, 1.54) is 13.0 Å². The molecule has 0 aliphatic rings. The molecule has 4 heteroatoms. The maximum atomic E-state index is 13.1. The van der Waals surface area contributed by atoms with Gasteiger partial charge in [-0.15, -0.1) is 0 Å². The summed E-state index contributed by atoms with van der Waals surface area (Å²) in [7, 11) is 0. The largest absolute Gasteiger partial charge is 0.389 e. The monoisotopic (exact) mass is 252 g/mol. The first-order valence-corrected chi connectivity index (χ1v) is 4.52. The van der Waals surface area contributed by atoms with Gasteiger partial charge in [-0.1, -0.05) is 17.7 Å². The van der Waals surface area contributed by atoms with Crippen molar-refractivity contribution in [2.75, 3.05) is 0 Å². The zero-order valence-electron chi connectivity index (χ0n) is 6.31. The lowest BCUT2D eigenvalue weighted by molar-refractivity contribution is 0.199. The molecule has 1 nitrogen and oxygen atoms in total. The molecule has 0 saturated heterocycles. The molecular weight excluding hydrogens is 246 g/mol. The highest BCUT2D eigenvalue weighted by molar-refractivity contribution is 9.10. The summed E-state index contributed by atoms with van der Waals surface area (Å²) in [5.41, 5.74) is 0.400. The van der Waals surface area contributed by atoms with Gasteiger partial charge in [-0.05, 0) is 28.9 Å². The zero-order valence-corrected chi connectivity index (χ0v) is 8.66. The van der Waals surface area contributed by atoms with Gasteiger partial charge in [-0.3, -0.25) is 0 Å². The average Bonchev–Trinajstić information content (AvgIpc) is 2.00. The van der Waals surface area contributed by atoms with Gasteiger partial charge in [0.05, 0.1) is 15.6 Å². The SMILES string of the molecule is CC(O)c1ccc(Br)c(F)c1Cl. The highest BCUT2D eigenvalue weighted by Gasteiger charge is 2.12. The quantitative estimate of drug-likeness (QED) is 0.762. The topological polar surface area (TPSA) is 20.2 Å². The lowest BCUT2D eigenvalue weighted by Crippen LogP contribution is -1.94. The summed E-state index contributed by atoms with van der Waals surface area (Å²) < 4.78 is 13.4. The molecule has 0 heterocycles. The van der Waals surface area contributed by atoms with Gasteiger partial charge in [-0.2, -0.15) is 0 Å². The molecule has 1 N–H and O–H groups in total. The van der Waals surface area contributed by atoms with Crippen LogP contribution in [0.1, 0.15) is 18.6 Å². The van der Waals surface area contributed by atoms with Gasteiger partial charge in [0.15, 0.2) is 5.82 Å². The molecule has 0 bridgehead atoms. The van der Waals surface area contributed by atoms with Crippen LogP contribution in [-0.4, -0.2) is 5.11 Å². The Bertz CT molecular complexity index is 301. The molecule has 0 amide bonds. The highest BCUT2D eigenvalue weighted by atomic mass is 79.9. The second-order valence-corrected chi connectivity index (χ2v) is 3.67. The summed E-state index contributed by atoms with van der Waals surface area (Å²) in [5.74, 6) is -0.532. The van der Waals surface area contributed by atoms with Crippen molar-refractivity contribution in [3.63, 3.8) is 0 Å². The van der Waals surface area contributed by atoms with Crippen molar-refractivity contribution >= 4 is 27.5 Å². The van der Waals surface area contributed by atoms with Gasteiger partial charge >= 0.3 is 0 Å². The van der Waals surface area contributed by atoms with Crippen LogP contribution >= 0.6 is 27.5 Å². The molecule has 66 valence electrons. The van der Waals surface area contributed by atoms with E-state index in [-0.39, 0.29) is 5.02 Å². The second kappa shape index (κ2) is 3.73. The minimum Gasteiger partial charge on any atom is -0.389 e. The van der Waals surface area contributed by atoms with E-state index in [9.17, 15) is 4.39 Å². The van der Waals surface area contributed by atoms with Gasteiger partial charge in [0.1, 0.15) is 0 Å². The van der Waals surface area contributed by atoms with E-state index in [1.54, 1.807) is 6.07 Å². The van der Waals surface area contributed by atoms with Crippen molar-refractivity contribution in [2.45, 2.75) is 13.0 Å². The third kappa shape index (κ3) is 1.79. The van der Waals surface area contributed by atoms with Crippen LogP contribution in [0.4, 0.5) is 4.39 Å². The maximum Gasteiger partial charge on any atom is 0.156 e. The van der Waals surface area contributed by atoms with Gasteiger partial charge in [0.25, 0.3) is 0 Å². The molecule has 1 rings (SSSR count). The Morgan fingerprint density at radius 2 is 2.17 bits per heavy atom. The first-order valence-electron chi connectivity index (χ1n) is 3.35. The van der Waals surface area contributed by atoms with Crippen LogP contribution < -0.4 is 0 Å². The lowest BCUT2D eigenvalue weighted by atomic mass is 10.1. The minimum atomic E-state index is -0.750. The molecule has 1 atom stereocenters. The number of hydrogen-bond acceptors (Lipinski definition) is 1. The van der Waals surface area contributed by atoms with E-state index in [2.05, 4.69) is 15.9 Å².